The standard InChI is InChI=1S/C26H22N2O5/c1-15-6-4-7-16(12-15)26(29)32-17-10-11-18-22(13-17)33-25(28)20(14-27)23(18)19-8-5-9-21(30-2)24(19)31-3/h4-13,23H,28H2,1-3H3. The van der Waals surface area contributed by atoms with Crippen molar-refractivity contribution in [3.8, 4) is 29.1 Å². The van der Waals surface area contributed by atoms with Crippen LogP contribution in [0.1, 0.15) is 33.0 Å². The smallest absolute Gasteiger partial charge is 0.343 e. The molecular formula is C26H22N2O5. The van der Waals surface area contributed by atoms with E-state index in [0.29, 0.717) is 39.7 Å². The van der Waals surface area contributed by atoms with Crippen LogP contribution in [0, 0.1) is 18.3 Å². The third-order valence-corrected chi connectivity index (χ3v) is 5.40. The van der Waals surface area contributed by atoms with Gasteiger partial charge in [-0.2, -0.15) is 5.26 Å². The van der Waals surface area contributed by atoms with E-state index >= 15 is 0 Å². The zero-order valence-corrected chi connectivity index (χ0v) is 18.4. The summed E-state index contributed by atoms with van der Waals surface area (Å²) in [5.74, 6) is 0.644. The minimum atomic E-state index is -0.551. The molecule has 1 unspecified atom stereocenters. The molecule has 1 heterocycles. The summed E-state index contributed by atoms with van der Waals surface area (Å²) >= 11 is 0. The molecule has 1 aliphatic rings. The van der Waals surface area contributed by atoms with Gasteiger partial charge in [-0.15, -0.1) is 0 Å². The molecule has 3 aromatic carbocycles. The highest BCUT2D eigenvalue weighted by atomic mass is 16.5. The molecule has 0 bridgehead atoms. The van der Waals surface area contributed by atoms with E-state index in [9.17, 15) is 10.1 Å². The first-order valence-corrected chi connectivity index (χ1v) is 10.2. The molecule has 0 aromatic heterocycles. The molecule has 33 heavy (non-hydrogen) atoms. The van der Waals surface area contributed by atoms with Crippen molar-refractivity contribution in [3.63, 3.8) is 0 Å². The third kappa shape index (κ3) is 4.06. The number of methoxy groups -OCH3 is 2. The summed E-state index contributed by atoms with van der Waals surface area (Å²) in [5, 5.41) is 9.82. The van der Waals surface area contributed by atoms with E-state index in [4.69, 9.17) is 24.7 Å². The van der Waals surface area contributed by atoms with Gasteiger partial charge in [-0.3, -0.25) is 0 Å². The number of rotatable bonds is 5. The van der Waals surface area contributed by atoms with Crippen molar-refractivity contribution in [2.75, 3.05) is 14.2 Å². The molecule has 7 heteroatoms. The largest absolute Gasteiger partial charge is 0.493 e. The molecule has 2 N–H and O–H groups in total. The second kappa shape index (κ2) is 8.97. The highest BCUT2D eigenvalue weighted by Gasteiger charge is 2.33. The van der Waals surface area contributed by atoms with Crippen LogP contribution in [0.15, 0.2) is 72.1 Å². The Hall–Kier alpha value is -4.44. The lowest BCUT2D eigenvalue weighted by molar-refractivity contribution is 0.0734. The Bertz CT molecular complexity index is 1310. The maximum absolute atomic E-state index is 12.6. The minimum absolute atomic E-state index is 0.0259. The molecule has 0 radical (unpaired) electrons. The van der Waals surface area contributed by atoms with Crippen molar-refractivity contribution in [2.24, 2.45) is 5.73 Å². The normalized spacial score (nSPS) is 14.5. The van der Waals surface area contributed by atoms with Crippen LogP contribution >= 0.6 is 0 Å². The Kier molecular flexibility index (Phi) is 5.92. The van der Waals surface area contributed by atoms with Gasteiger partial charge in [0.25, 0.3) is 0 Å². The van der Waals surface area contributed by atoms with Gasteiger partial charge in [0, 0.05) is 17.2 Å². The maximum Gasteiger partial charge on any atom is 0.343 e. The fourth-order valence-corrected chi connectivity index (χ4v) is 3.90. The van der Waals surface area contributed by atoms with Crippen molar-refractivity contribution in [1.82, 2.24) is 0 Å². The molecule has 4 rings (SSSR count). The molecular weight excluding hydrogens is 420 g/mol. The Morgan fingerprint density at radius 2 is 1.82 bits per heavy atom. The van der Waals surface area contributed by atoms with Gasteiger partial charge in [-0.25, -0.2) is 4.79 Å². The summed E-state index contributed by atoms with van der Waals surface area (Å²) in [5.41, 5.74) is 9.14. The van der Waals surface area contributed by atoms with Crippen LogP contribution < -0.4 is 24.7 Å². The third-order valence-electron chi connectivity index (χ3n) is 5.40. The van der Waals surface area contributed by atoms with Crippen LogP contribution in [0.2, 0.25) is 0 Å². The number of nitriles is 1. The first-order chi connectivity index (χ1) is 16.0. The predicted molar refractivity (Wildman–Crippen MR) is 121 cm³/mol. The average Bonchev–Trinajstić information content (AvgIpc) is 2.82. The predicted octanol–water partition coefficient (Wildman–Crippen LogP) is 4.45. The molecule has 0 aliphatic carbocycles. The SMILES string of the molecule is COc1cccc(C2C(C#N)=C(N)Oc3cc(OC(=O)c4cccc(C)c4)ccc32)c1OC. The lowest BCUT2D eigenvalue weighted by Crippen LogP contribution is -2.21. The molecule has 0 saturated carbocycles. The summed E-state index contributed by atoms with van der Waals surface area (Å²) in [4.78, 5) is 12.6. The topological polar surface area (TPSA) is 104 Å². The highest BCUT2D eigenvalue weighted by Crippen LogP contribution is 2.47. The highest BCUT2D eigenvalue weighted by molar-refractivity contribution is 5.91. The van der Waals surface area contributed by atoms with Gasteiger partial charge in [0.1, 0.15) is 23.1 Å². The fourth-order valence-electron chi connectivity index (χ4n) is 3.90. The summed E-state index contributed by atoms with van der Waals surface area (Å²) < 4.78 is 22.3. The fraction of sp³-hybridized carbons (Fsp3) is 0.154. The number of aryl methyl sites for hydroxylation is 1. The summed E-state index contributed by atoms with van der Waals surface area (Å²) in [7, 11) is 3.08. The first-order valence-electron chi connectivity index (χ1n) is 10.2. The van der Waals surface area contributed by atoms with Gasteiger partial charge in [0.15, 0.2) is 11.5 Å². The van der Waals surface area contributed by atoms with Crippen molar-refractivity contribution in [2.45, 2.75) is 12.8 Å². The number of fused-ring (bicyclic) bond motifs is 1. The van der Waals surface area contributed by atoms with Crippen molar-refractivity contribution >= 4 is 5.97 Å². The molecule has 0 amide bonds. The number of hydrogen-bond donors (Lipinski definition) is 1. The number of allylic oxidation sites excluding steroid dienone is 1. The van der Waals surface area contributed by atoms with Crippen molar-refractivity contribution in [1.29, 1.82) is 5.26 Å². The van der Waals surface area contributed by atoms with Gasteiger partial charge < -0.3 is 24.7 Å². The lowest BCUT2D eigenvalue weighted by Gasteiger charge is -2.28. The van der Waals surface area contributed by atoms with E-state index in [1.54, 1.807) is 49.6 Å². The molecule has 3 aromatic rings. The Morgan fingerprint density at radius 3 is 2.52 bits per heavy atom. The van der Waals surface area contributed by atoms with Crippen molar-refractivity contribution < 1.29 is 23.7 Å². The lowest BCUT2D eigenvalue weighted by atomic mass is 9.83. The number of para-hydroxylation sites is 1. The van der Waals surface area contributed by atoms with Gasteiger partial charge in [0.2, 0.25) is 5.88 Å². The number of nitrogens with zero attached hydrogens (tertiary/aromatic N) is 1. The Morgan fingerprint density at radius 1 is 1.03 bits per heavy atom. The maximum atomic E-state index is 12.6. The second-order valence-corrected chi connectivity index (χ2v) is 7.47. The minimum Gasteiger partial charge on any atom is -0.493 e. The molecule has 7 nitrogen and oxygen atoms in total. The molecule has 0 spiro atoms. The zero-order chi connectivity index (χ0) is 23.5. The molecule has 1 atom stereocenters. The molecule has 0 fully saturated rings. The summed E-state index contributed by atoms with van der Waals surface area (Å²) in [6, 6.07) is 19.7. The van der Waals surface area contributed by atoms with Crippen LogP contribution in [0.4, 0.5) is 0 Å². The Balaban J connectivity index is 1.75. The average molecular weight is 442 g/mol. The second-order valence-electron chi connectivity index (χ2n) is 7.47. The van der Waals surface area contributed by atoms with Crippen LogP contribution in [0.25, 0.3) is 0 Å². The van der Waals surface area contributed by atoms with E-state index in [0.717, 1.165) is 5.56 Å². The van der Waals surface area contributed by atoms with Gasteiger partial charge in [-0.1, -0.05) is 35.9 Å². The number of ether oxygens (including phenoxy) is 4. The van der Waals surface area contributed by atoms with E-state index in [-0.39, 0.29) is 11.5 Å². The van der Waals surface area contributed by atoms with Crippen LogP contribution in [-0.4, -0.2) is 20.2 Å². The van der Waals surface area contributed by atoms with E-state index in [2.05, 4.69) is 6.07 Å². The summed E-state index contributed by atoms with van der Waals surface area (Å²) in [6.45, 7) is 1.90. The number of nitrogens with two attached hydrogens (primary N) is 1. The quantitative estimate of drug-likeness (QED) is 0.460. The number of esters is 1. The van der Waals surface area contributed by atoms with E-state index in [1.165, 1.54) is 7.11 Å². The number of carbonyl (C=O) groups is 1. The number of benzene rings is 3. The monoisotopic (exact) mass is 442 g/mol. The first kappa shape index (κ1) is 21.8. The molecule has 166 valence electrons. The summed E-state index contributed by atoms with van der Waals surface area (Å²) in [6.07, 6.45) is 0. The van der Waals surface area contributed by atoms with Crippen LogP contribution in [-0.2, 0) is 0 Å². The van der Waals surface area contributed by atoms with Crippen LogP contribution in [0.5, 0.6) is 23.0 Å². The Labute approximate surface area is 191 Å². The van der Waals surface area contributed by atoms with Crippen molar-refractivity contribution in [3.05, 3.63) is 94.4 Å². The number of hydrogen-bond acceptors (Lipinski definition) is 7. The zero-order valence-electron chi connectivity index (χ0n) is 18.4. The number of carbonyl (C=O) groups excluding carboxylic acids is 1. The molecule has 1 aliphatic heterocycles. The molecule has 0 saturated heterocycles. The van der Waals surface area contributed by atoms with E-state index in [1.807, 2.05) is 25.1 Å². The van der Waals surface area contributed by atoms with Gasteiger partial charge in [0.05, 0.1) is 25.7 Å². The van der Waals surface area contributed by atoms with E-state index < -0.39 is 11.9 Å². The van der Waals surface area contributed by atoms with Gasteiger partial charge >= 0.3 is 5.97 Å². The van der Waals surface area contributed by atoms with Gasteiger partial charge in [-0.05, 0) is 31.2 Å². The van der Waals surface area contributed by atoms with Crippen LogP contribution in [0.3, 0.4) is 0 Å².